The SMILES string of the molecule is Cc1ccncc1-c1ccc2[nH]nc(-c3nc4c(-c5ccncc5)cncc4[nH]3)c2c1. The van der Waals surface area contributed by atoms with Crippen molar-refractivity contribution in [2.75, 3.05) is 0 Å². The summed E-state index contributed by atoms with van der Waals surface area (Å²) >= 11 is 0. The highest BCUT2D eigenvalue weighted by molar-refractivity contribution is 5.98. The van der Waals surface area contributed by atoms with Crippen molar-refractivity contribution in [2.24, 2.45) is 0 Å². The molecule has 5 heterocycles. The van der Waals surface area contributed by atoms with E-state index in [-0.39, 0.29) is 0 Å². The smallest absolute Gasteiger partial charge is 0.159 e. The van der Waals surface area contributed by atoms with E-state index in [1.165, 1.54) is 5.56 Å². The minimum Gasteiger partial charge on any atom is -0.335 e. The van der Waals surface area contributed by atoms with Gasteiger partial charge < -0.3 is 4.98 Å². The molecule has 5 aromatic heterocycles. The Hall–Kier alpha value is -4.39. The van der Waals surface area contributed by atoms with Gasteiger partial charge in [-0.15, -0.1) is 0 Å². The molecule has 31 heavy (non-hydrogen) atoms. The number of hydrogen-bond acceptors (Lipinski definition) is 5. The van der Waals surface area contributed by atoms with Crippen molar-refractivity contribution in [1.82, 2.24) is 35.1 Å². The van der Waals surface area contributed by atoms with Crippen LogP contribution >= 0.6 is 0 Å². The van der Waals surface area contributed by atoms with E-state index in [0.717, 1.165) is 49.9 Å². The summed E-state index contributed by atoms with van der Waals surface area (Å²) in [4.78, 5) is 21.0. The number of fused-ring (bicyclic) bond motifs is 2. The highest BCUT2D eigenvalue weighted by Crippen LogP contribution is 2.33. The lowest BCUT2D eigenvalue weighted by Gasteiger charge is -2.05. The van der Waals surface area contributed by atoms with Crippen molar-refractivity contribution in [2.45, 2.75) is 6.92 Å². The van der Waals surface area contributed by atoms with E-state index >= 15 is 0 Å². The second-order valence-corrected chi connectivity index (χ2v) is 7.43. The Kier molecular flexibility index (Phi) is 3.86. The van der Waals surface area contributed by atoms with E-state index in [0.29, 0.717) is 5.82 Å². The van der Waals surface area contributed by atoms with Gasteiger partial charge in [0.2, 0.25) is 0 Å². The first kappa shape index (κ1) is 17.5. The first-order valence-corrected chi connectivity index (χ1v) is 9.91. The van der Waals surface area contributed by atoms with Gasteiger partial charge >= 0.3 is 0 Å². The topological polar surface area (TPSA) is 96.0 Å². The first-order chi connectivity index (χ1) is 15.3. The van der Waals surface area contributed by atoms with Crippen LogP contribution < -0.4 is 0 Å². The largest absolute Gasteiger partial charge is 0.335 e. The van der Waals surface area contributed by atoms with E-state index < -0.39 is 0 Å². The highest BCUT2D eigenvalue weighted by atomic mass is 15.1. The lowest BCUT2D eigenvalue weighted by molar-refractivity contribution is 1.11. The summed E-state index contributed by atoms with van der Waals surface area (Å²) in [7, 11) is 0. The first-order valence-electron chi connectivity index (χ1n) is 9.91. The normalized spacial score (nSPS) is 11.4. The minimum atomic E-state index is 0.699. The Morgan fingerprint density at radius 3 is 2.45 bits per heavy atom. The fraction of sp³-hybridized carbons (Fsp3) is 0.0417. The van der Waals surface area contributed by atoms with Crippen LogP contribution in [-0.2, 0) is 0 Å². The number of H-pyrrole nitrogens is 2. The van der Waals surface area contributed by atoms with Gasteiger partial charge in [0.1, 0.15) is 5.69 Å². The van der Waals surface area contributed by atoms with Gasteiger partial charge in [-0.3, -0.25) is 20.1 Å². The number of nitrogens with one attached hydrogen (secondary N) is 2. The molecule has 0 fully saturated rings. The van der Waals surface area contributed by atoms with Crippen LogP contribution in [0.15, 0.2) is 73.6 Å². The average molecular weight is 403 g/mol. The molecular weight excluding hydrogens is 386 g/mol. The van der Waals surface area contributed by atoms with E-state index in [1.807, 2.05) is 42.9 Å². The molecule has 7 heteroatoms. The molecule has 0 spiro atoms. The third-order valence-corrected chi connectivity index (χ3v) is 5.52. The number of benzene rings is 1. The van der Waals surface area contributed by atoms with Gasteiger partial charge in [-0.1, -0.05) is 6.07 Å². The van der Waals surface area contributed by atoms with Gasteiger partial charge in [-0.05, 0) is 53.9 Å². The van der Waals surface area contributed by atoms with E-state index in [9.17, 15) is 0 Å². The third kappa shape index (κ3) is 2.86. The Labute approximate surface area is 177 Å². The quantitative estimate of drug-likeness (QED) is 0.437. The van der Waals surface area contributed by atoms with Crippen LogP contribution in [0.2, 0.25) is 0 Å². The fourth-order valence-corrected chi connectivity index (χ4v) is 3.92. The summed E-state index contributed by atoms with van der Waals surface area (Å²) in [5.74, 6) is 0.699. The van der Waals surface area contributed by atoms with Crippen molar-refractivity contribution in [3.8, 4) is 33.8 Å². The molecule has 0 radical (unpaired) electrons. The summed E-state index contributed by atoms with van der Waals surface area (Å²) in [6.45, 7) is 2.09. The minimum absolute atomic E-state index is 0.699. The molecule has 0 aliphatic rings. The summed E-state index contributed by atoms with van der Waals surface area (Å²) in [6, 6.07) is 12.2. The van der Waals surface area contributed by atoms with Crippen molar-refractivity contribution < 1.29 is 0 Å². The Morgan fingerprint density at radius 1 is 0.742 bits per heavy atom. The van der Waals surface area contributed by atoms with Gasteiger partial charge in [0, 0.05) is 47.5 Å². The molecule has 0 saturated carbocycles. The third-order valence-electron chi connectivity index (χ3n) is 5.52. The molecule has 0 aliphatic carbocycles. The van der Waals surface area contributed by atoms with Crippen molar-refractivity contribution >= 4 is 21.9 Å². The number of aromatic nitrogens is 7. The van der Waals surface area contributed by atoms with Gasteiger partial charge in [-0.25, -0.2) is 4.98 Å². The van der Waals surface area contributed by atoms with Crippen LogP contribution in [0, 0.1) is 6.92 Å². The summed E-state index contributed by atoms with van der Waals surface area (Å²) < 4.78 is 0. The molecule has 6 aromatic rings. The van der Waals surface area contributed by atoms with Crippen molar-refractivity contribution in [1.29, 1.82) is 0 Å². The molecule has 148 valence electrons. The van der Waals surface area contributed by atoms with Gasteiger partial charge in [0.25, 0.3) is 0 Å². The Morgan fingerprint density at radius 2 is 1.58 bits per heavy atom. The van der Waals surface area contributed by atoms with Crippen molar-refractivity contribution in [3.63, 3.8) is 0 Å². The molecular formula is C24H17N7. The number of hydrogen-bond donors (Lipinski definition) is 2. The van der Waals surface area contributed by atoms with Crippen molar-refractivity contribution in [3.05, 3.63) is 79.1 Å². The monoisotopic (exact) mass is 403 g/mol. The second-order valence-electron chi connectivity index (χ2n) is 7.43. The average Bonchev–Trinajstić information content (AvgIpc) is 3.43. The summed E-state index contributed by atoms with van der Waals surface area (Å²) in [5, 5.41) is 8.68. The molecule has 0 bridgehead atoms. The molecule has 2 N–H and O–H groups in total. The number of pyridine rings is 3. The van der Waals surface area contributed by atoms with Crippen LogP contribution in [0.3, 0.4) is 0 Å². The fourth-order valence-electron chi connectivity index (χ4n) is 3.92. The molecule has 0 atom stereocenters. The highest BCUT2D eigenvalue weighted by Gasteiger charge is 2.16. The zero-order chi connectivity index (χ0) is 20.8. The van der Waals surface area contributed by atoms with Gasteiger partial charge in [0.05, 0.1) is 22.7 Å². The summed E-state index contributed by atoms with van der Waals surface area (Å²) in [5.41, 5.74) is 8.79. The zero-order valence-corrected chi connectivity index (χ0v) is 16.7. The lowest BCUT2D eigenvalue weighted by Crippen LogP contribution is -1.86. The van der Waals surface area contributed by atoms with E-state index in [4.69, 9.17) is 4.98 Å². The molecule has 0 unspecified atom stereocenters. The maximum atomic E-state index is 4.89. The van der Waals surface area contributed by atoms with Crippen LogP contribution in [0.5, 0.6) is 0 Å². The van der Waals surface area contributed by atoms with Crippen LogP contribution in [-0.4, -0.2) is 35.1 Å². The Bertz CT molecular complexity index is 1550. The molecule has 0 amide bonds. The molecule has 0 aliphatic heterocycles. The van der Waals surface area contributed by atoms with Gasteiger partial charge in [0.15, 0.2) is 5.82 Å². The number of nitrogens with zero attached hydrogens (tertiary/aromatic N) is 5. The molecule has 7 nitrogen and oxygen atoms in total. The van der Waals surface area contributed by atoms with Crippen LogP contribution in [0.1, 0.15) is 5.56 Å². The molecule has 6 rings (SSSR count). The standard InChI is InChI=1S/C24H17N7/c1-14-4-7-26-11-18(14)16-2-3-20-17(10-16)23(31-30-20)24-28-21-13-27-12-19(22(21)29-24)15-5-8-25-9-6-15/h2-13H,1H3,(H,28,29)(H,30,31). The maximum absolute atomic E-state index is 4.89. The lowest BCUT2D eigenvalue weighted by atomic mass is 10.0. The van der Waals surface area contributed by atoms with Crippen LogP contribution in [0.4, 0.5) is 0 Å². The molecule has 1 aromatic carbocycles. The van der Waals surface area contributed by atoms with E-state index in [1.54, 1.807) is 18.6 Å². The number of aryl methyl sites for hydroxylation is 1. The zero-order valence-electron chi connectivity index (χ0n) is 16.7. The molecule has 0 saturated heterocycles. The second kappa shape index (κ2) is 6.84. The number of rotatable bonds is 3. The number of imidazole rings is 1. The maximum Gasteiger partial charge on any atom is 0.159 e. The van der Waals surface area contributed by atoms with Gasteiger partial charge in [-0.2, -0.15) is 5.10 Å². The Balaban J connectivity index is 1.52. The predicted octanol–water partition coefficient (Wildman–Crippen LogP) is 4.93. The van der Waals surface area contributed by atoms with Crippen LogP contribution in [0.25, 0.3) is 55.7 Å². The summed E-state index contributed by atoms with van der Waals surface area (Å²) in [6.07, 6.45) is 10.9. The predicted molar refractivity (Wildman–Crippen MR) is 120 cm³/mol. The number of aromatic amines is 2. The van der Waals surface area contributed by atoms with E-state index in [2.05, 4.69) is 49.2 Å².